The van der Waals surface area contributed by atoms with E-state index >= 15 is 0 Å². The van der Waals surface area contributed by atoms with Crippen LogP contribution >= 0.6 is 0 Å². The van der Waals surface area contributed by atoms with Gasteiger partial charge in [0.2, 0.25) is 5.88 Å². The van der Waals surface area contributed by atoms with Gasteiger partial charge in [-0.25, -0.2) is 14.8 Å². The minimum atomic E-state index is -2.90. The van der Waals surface area contributed by atoms with Crippen molar-refractivity contribution in [3.05, 3.63) is 47.4 Å². The Bertz CT molecular complexity index is 1210. The number of ether oxygens (including phenoxy) is 2. The van der Waals surface area contributed by atoms with Gasteiger partial charge in [-0.05, 0) is 50.3 Å². The number of pyridine rings is 1. The zero-order valence-corrected chi connectivity index (χ0v) is 20.0. The van der Waals surface area contributed by atoms with E-state index in [-0.39, 0.29) is 18.0 Å². The topological polar surface area (TPSA) is 69.5 Å². The number of aryl methyl sites for hydroxylation is 1. The molecule has 0 saturated heterocycles. The largest absolute Gasteiger partial charge is 0.452 e. The van der Waals surface area contributed by atoms with E-state index < -0.39 is 6.61 Å². The molecular formula is C26H30F2N4O3. The number of alkyl halides is 2. The molecule has 1 aliphatic heterocycles. The smallest absolute Gasteiger partial charge is 0.414 e. The fraction of sp³-hybridized carbons (Fsp3) is 0.500. The van der Waals surface area contributed by atoms with Crippen molar-refractivity contribution in [3.8, 4) is 5.88 Å². The first-order valence-electron chi connectivity index (χ1n) is 12.3. The number of carbonyl (C=O) groups is 1. The van der Waals surface area contributed by atoms with Crippen LogP contribution in [-0.2, 0) is 17.6 Å². The molecule has 9 heteroatoms. The fourth-order valence-electron chi connectivity index (χ4n) is 5.55. The third kappa shape index (κ3) is 4.56. The van der Waals surface area contributed by atoms with Crippen molar-refractivity contribution >= 4 is 22.8 Å². The van der Waals surface area contributed by atoms with Gasteiger partial charge in [0.25, 0.3) is 0 Å². The maximum atomic E-state index is 12.5. The molecule has 1 amide bonds. The number of hydrogen-bond donors (Lipinski definition) is 0. The summed E-state index contributed by atoms with van der Waals surface area (Å²) in [5.74, 6) is 0.823. The molecule has 0 spiro atoms. The number of aromatic nitrogens is 3. The predicted octanol–water partition coefficient (Wildman–Crippen LogP) is 6.04. The van der Waals surface area contributed by atoms with E-state index in [1.165, 1.54) is 32.4 Å². The molecule has 7 nitrogen and oxygen atoms in total. The fourth-order valence-corrected chi connectivity index (χ4v) is 5.55. The Hall–Kier alpha value is -3.23. The highest BCUT2D eigenvalue weighted by atomic mass is 19.3. The summed E-state index contributed by atoms with van der Waals surface area (Å²) in [5.41, 5.74) is 4.81. The Morgan fingerprint density at radius 1 is 1.14 bits per heavy atom. The second-order valence-electron chi connectivity index (χ2n) is 9.41. The number of amides is 1. The van der Waals surface area contributed by atoms with E-state index in [1.807, 2.05) is 13.0 Å². The Kier molecular flexibility index (Phi) is 6.58. The molecule has 186 valence electrons. The van der Waals surface area contributed by atoms with Gasteiger partial charge in [-0.15, -0.1) is 0 Å². The number of imidazole rings is 1. The molecule has 1 atom stereocenters. The van der Waals surface area contributed by atoms with Crippen LogP contribution in [-0.4, -0.2) is 40.4 Å². The zero-order chi connectivity index (χ0) is 24.5. The van der Waals surface area contributed by atoms with Crippen LogP contribution in [0.25, 0.3) is 11.0 Å². The van der Waals surface area contributed by atoms with Gasteiger partial charge < -0.3 is 14.0 Å². The number of halogens is 2. The van der Waals surface area contributed by atoms with E-state index in [0.29, 0.717) is 12.5 Å². The minimum absolute atomic E-state index is 0.0485. The summed E-state index contributed by atoms with van der Waals surface area (Å²) in [6, 6.07) is 7.72. The monoisotopic (exact) mass is 484 g/mol. The molecular weight excluding hydrogens is 454 g/mol. The lowest BCUT2D eigenvalue weighted by Crippen LogP contribution is -2.42. The van der Waals surface area contributed by atoms with Crippen LogP contribution < -0.4 is 9.64 Å². The van der Waals surface area contributed by atoms with Gasteiger partial charge >= 0.3 is 12.7 Å². The van der Waals surface area contributed by atoms with E-state index in [9.17, 15) is 13.6 Å². The van der Waals surface area contributed by atoms with Crippen LogP contribution in [0.5, 0.6) is 5.88 Å². The second kappa shape index (κ2) is 9.79. The summed E-state index contributed by atoms with van der Waals surface area (Å²) in [4.78, 5) is 23.4. The molecule has 35 heavy (non-hydrogen) atoms. The maximum Gasteiger partial charge on any atom is 0.414 e. The first-order valence-corrected chi connectivity index (χ1v) is 12.3. The summed E-state index contributed by atoms with van der Waals surface area (Å²) in [6.07, 6.45) is 9.22. The molecule has 2 aliphatic rings. The number of carbonyl (C=O) groups excluding carboxylic acids is 1. The average molecular weight is 485 g/mol. The van der Waals surface area contributed by atoms with E-state index in [0.717, 1.165) is 59.4 Å². The van der Waals surface area contributed by atoms with Crippen molar-refractivity contribution in [1.82, 2.24) is 14.5 Å². The summed E-state index contributed by atoms with van der Waals surface area (Å²) >= 11 is 0. The molecule has 0 unspecified atom stereocenters. The van der Waals surface area contributed by atoms with Gasteiger partial charge in [-0.3, -0.25) is 4.90 Å². The van der Waals surface area contributed by atoms with Crippen molar-refractivity contribution in [2.24, 2.45) is 0 Å². The summed E-state index contributed by atoms with van der Waals surface area (Å²) in [7, 11) is 1.41. The van der Waals surface area contributed by atoms with Gasteiger partial charge in [-0.2, -0.15) is 8.78 Å². The van der Waals surface area contributed by atoms with Crippen LogP contribution in [0.4, 0.5) is 19.3 Å². The number of nitrogens with zero attached hydrogens (tertiary/aromatic N) is 4. The molecule has 5 rings (SSSR count). The average Bonchev–Trinajstić information content (AvgIpc) is 3.23. The van der Waals surface area contributed by atoms with E-state index in [1.54, 1.807) is 17.2 Å². The summed E-state index contributed by atoms with van der Waals surface area (Å²) < 4.78 is 36.8. The molecule has 0 bridgehead atoms. The minimum Gasteiger partial charge on any atom is -0.452 e. The lowest BCUT2D eigenvalue weighted by atomic mass is 9.94. The molecule has 0 radical (unpaired) electrons. The molecule has 3 aromatic rings. The number of benzene rings is 1. The predicted molar refractivity (Wildman–Crippen MR) is 128 cm³/mol. The molecule has 1 saturated carbocycles. The Balaban J connectivity index is 1.58. The Labute approximate surface area is 203 Å². The highest BCUT2D eigenvalue weighted by Crippen LogP contribution is 2.39. The molecule has 1 aromatic carbocycles. The number of hydrogen-bond acceptors (Lipinski definition) is 5. The van der Waals surface area contributed by atoms with Crippen LogP contribution in [0.1, 0.15) is 68.4 Å². The lowest BCUT2D eigenvalue weighted by molar-refractivity contribution is -0.0528. The van der Waals surface area contributed by atoms with Crippen LogP contribution in [0.2, 0.25) is 0 Å². The molecule has 3 heterocycles. The lowest BCUT2D eigenvalue weighted by Gasteiger charge is -2.34. The normalized spacial score (nSPS) is 18.7. The van der Waals surface area contributed by atoms with Crippen molar-refractivity contribution in [3.63, 3.8) is 0 Å². The first kappa shape index (κ1) is 23.5. The van der Waals surface area contributed by atoms with E-state index in [2.05, 4.69) is 20.4 Å². The standard InChI is InChI=1S/C26H30F2N4O3/c1-16-8-10-19-20(31(16)26(33)34-2)11-12-21-24(19)30-22(32(21)18-6-4-3-5-7-18)14-17-9-13-23(29-15-17)35-25(27)28/h9,11-13,15-16,18,25H,3-8,10,14H2,1-2H3/t16-/m0/s1. The van der Waals surface area contributed by atoms with Gasteiger partial charge in [-0.1, -0.05) is 25.3 Å². The zero-order valence-electron chi connectivity index (χ0n) is 20.0. The number of methoxy groups -OCH3 is 1. The Morgan fingerprint density at radius 2 is 1.94 bits per heavy atom. The van der Waals surface area contributed by atoms with Crippen LogP contribution in [0.3, 0.4) is 0 Å². The number of anilines is 1. The molecule has 2 aromatic heterocycles. The van der Waals surface area contributed by atoms with E-state index in [4.69, 9.17) is 9.72 Å². The second-order valence-corrected chi connectivity index (χ2v) is 9.41. The van der Waals surface area contributed by atoms with Gasteiger partial charge in [0.05, 0.1) is 23.8 Å². The Morgan fingerprint density at radius 3 is 2.63 bits per heavy atom. The van der Waals surface area contributed by atoms with Crippen LogP contribution in [0.15, 0.2) is 30.5 Å². The summed E-state index contributed by atoms with van der Waals surface area (Å²) in [6.45, 7) is -0.868. The van der Waals surface area contributed by atoms with Gasteiger partial charge in [0, 0.05) is 36.3 Å². The highest BCUT2D eigenvalue weighted by molar-refractivity contribution is 5.95. The van der Waals surface area contributed by atoms with Crippen molar-refractivity contribution in [1.29, 1.82) is 0 Å². The van der Waals surface area contributed by atoms with Crippen LogP contribution in [0, 0.1) is 0 Å². The quantitative estimate of drug-likeness (QED) is 0.442. The third-order valence-corrected chi connectivity index (χ3v) is 7.21. The van der Waals surface area contributed by atoms with Crippen molar-refractivity contribution in [2.75, 3.05) is 12.0 Å². The molecule has 0 N–H and O–H groups in total. The maximum absolute atomic E-state index is 12.5. The van der Waals surface area contributed by atoms with Gasteiger partial charge in [0.1, 0.15) is 5.82 Å². The van der Waals surface area contributed by atoms with Gasteiger partial charge in [0.15, 0.2) is 0 Å². The molecule has 1 fully saturated rings. The third-order valence-electron chi connectivity index (χ3n) is 7.21. The van der Waals surface area contributed by atoms with Crippen molar-refractivity contribution in [2.45, 2.75) is 77.0 Å². The molecule has 1 aliphatic carbocycles. The first-order chi connectivity index (χ1) is 17.0. The highest BCUT2D eigenvalue weighted by Gasteiger charge is 2.32. The SMILES string of the molecule is COC(=O)N1c2ccc3c(nc(Cc4ccc(OC(F)F)nc4)n3C3CCCCC3)c2CC[C@@H]1C. The summed E-state index contributed by atoms with van der Waals surface area (Å²) in [5, 5.41) is 0. The number of rotatable bonds is 5. The number of fused-ring (bicyclic) bond motifs is 3. The van der Waals surface area contributed by atoms with Crippen molar-refractivity contribution < 1.29 is 23.0 Å².